The number of aromatic nitrogens is 2. The number of benzene rings is 1. The molecule has 1 atom stereocenters. The number of hydrogen-bond donors (Lipinski definition) is 0. The van der Waals surface area contributed by atoms with Gasteiger partial charge in [-0.25, -0.2) is 9.97 Å². The zero-order valence-corrected chi connectivity index (χ0v) is 12.0. The lowest BCUT2D eigenvalue weighted by molar-refractivity contribution is 0.0713. The Balaban J connectivity index is 1.72. The van der Waals surface area contributed by atoms with Crippen LogP contribution in [0.2, 0.25) is 0 Å². The Morgan fingerprint density at radius 3 is 2.81 bits per heavy atom. The van der Waals surface area contributed by atoms with E-state index in [1.165, 1.54) is 16.7 Å². The fourth-order valence-electron chi connectivity index (χ4n) is 3.45. The van der Waals surface area contributed by atoms with Gasteiger partial charge in [0.15, 0.2) is 5.90 Å². The van der Waals surface area contributed by atoms with Gasteiger partial charge in [0.2, 0.25) is 0 Å². The summed E-state index contributed by atoms with van der Waals surface area (Å²) in [6, 6.07) is 6.48. The zero-order chi connectivity index (χ0) is 14.3. The quantitative estimate of drug-likeness (QED) is 0.806. The number of rotatable bonds is 1. The summed E-state index contributed by atoms with van der Waals surface area (Å²) in [5.41, 5.74) is 5.00. The van der Waals surface area contributed by atoms with Gasteiger partial charge in [-0.2, -0.15) is 0 Å². The molecule has 2 aliphatic rings. The lowest BCUT2D eigenvalue weighted by atomic mass is 9.78. The number of fused-ring (bicyclic) bond motifs is 1. The molecule has 2 heterocycles. The van der Waals surface area contributed by atoms with Crippen LogP contribution in [0.4, 0.5) is 0 Å². The SMILES string of the molecule is CC1=NC[C@]2(CCc3c(cccc3-c3cncnc3)C2)O1. The molecule has 0 saturated heterocycles. The van der Waals surface area contributed by atoms with E-state index in [1.807, 2.05) is 19.3 Å². The van der Waals surface area contributed by atoms with Crippen molar-refractivity contribution in [2.24, 2.45) is 4.99 Å². The maximum absolute atomic E-state index is 6.02. The standard InChI is InChI=1S/C17H17N3O/c1-12-20-10-17(21-12)6-5-16-13(7-17)3-2-4-15(16)14-8-18-11-19-9-14/h2-4,8-9,11H,5-7,10H2,1H3/t17-/m1/s1. The van der Waals surface area contributed by atoms with Crippen LogP contribution in [0.15, 0.2) is 41.9 Å². The van der Waals surface area contributed by atoms with Gasteiger partial charge < -0.3 is 4.74 Å². The highest BCUT2D eigenvalue weighted by atomic mass is 16.5. The Hall–Kier alpha value is -2.23. The van der Waals surface area contributed by atoms with Gasteiger partial charge in [-0.05, 0) is 29.5 Å². The third-order valence-electron chi connectivity index (χ3n) is 4.44. The summed E-state index contributed by atoms with van der Waals surface area (Å²) in [6.07, 6.45) is 8.30. The molecule has 0 radical (unpaired) electrons. The van der Waals surface area contributed by atoms with Crippen LogP contribution >= 0.6 is 0 Å². The van der Waals surface area contributed by atoms with Gasteiger partial charge in [0.25, 0.3) is 0 Å². The van der Waals surface area contributed by atoms with Gasteiger partial charge in [0.1, 0.15) is 11.9 Å². The van der Waals surface area contributed by atoms with E-state index in [0.29, 0.717) is 0 Å². The second-order valence-electron chi connectivity index (χ2n) is 5.87. The second kappa shape index (κ2) is 4.65. The molecule has 0 N–H and O–H groups in total. The van der Waals surface area contributed by atoms with Crippen LogP contribution in [-0.2, 0) is 17.6 Å². The summed E-state index contributed by atoms with van der Waals surface area (Å²) in [5, 5.41) is 0. The van der Waals surface area contributed by atoms with Gasteiger partial charge in [-0.1, -0.05) is 18.2 Å². The van der Waals surface area contributed by atoms with Crippen molar-refractivity contribution in [2.75, 3.05) is 6.54 Å². The Bertz CT molecular complexity index is 711. The minimum atomic E-state index is -0.108. The molecular weight excluding hydrogens is 262 g/mol. The van der Waals surface area contributed by atoms with Crippen molar-refractivity contribution in [3.63, 3.8) is 0 Å². The molecule has 0 bridgehead atoms. The number of hydrogen-bond acceptors (Lipinski definition) is 4. The lowest BCUT2D eigenvalue weighted by Gasteiger charge is -2.34. The Morgan fingerprint density at radius 1 is 1.19 bits per heavy atom. The van der Waals surface area contributed by atoms with Crippen LogP contribution in [0, 0.1) is 0 Å². The van der Waals surface area contributed by atoms with E-state index in [4.69, 9.17) is 4.74 Å². The monoisotopic (exact) mass is 279 g/mol. The molecule has 1 aromatic heterocycles. The van der Waals surface area contributed by atoms with Crippen LogP contribution in [0.1, 0.15) is 24.5 Å². The molecule has 21 heavy (non-hydrogen) atoms. The van der Waals surface area contributed by atoms with Gasteiger partial charge in [0, 0.05) is 31.3 Å². The summed E-state index contributed by atoms with van der Waals surface area (Å²) in [7, 11) is 0. The normalized spacial score (nSPS) is 23.6. The highest BCUT2D eigenvalue weighted by Crippen LogP contribution is 2.38. The van der Waals surface area contributed by atoms with Crippen LogP contribution in [0.3, 0.4) is 0 Å². The summed E-state index contributed by atoms with van der Waals surface area (Å²) >= 11 is 0. The predicted octanol–water partition coefficient (Wildman–Crippen LogP) is 2.82. The van der Waals surface area contributed by atoms with Gasteiger partial charge in [0.05, 0.1) is 6.54 Å². The second-order valence-corrected chi connectivity index (χ2v) is 5.87. The Labute approximate surface area is 123 Å². The highest BCUT2D eigenvalue weighted by Gasteiger charge is 2.40. The topological polar surface area (TPSA) is 47.4 Å². The first-order chi connectivity index (χ1) is 10.3. The van der Waals surface area contributed by atoms with E-state index in [2.05, 4.69) is 33.2 Å². The van der Waals surface area contributed by atoms with E-state index < -0.39 is 0 Å². The smallest absolute Gasteiger partial charge is 0.180 e. The summed E-state index contributed by atoms with van der Waals surface area (Å²) in [6.45, 7) is 2.74. The maximum atomic E-state index is 6.02. The first-order valence-corrected chi connectivity index (χ1v) is 7.32. The molecule has 106 valence electrons. The number of ether oxygens (including phenoxy) is 1. The number of nitrogens with zero attached hydrogens (tertiary/aromatic N) is 3. The molecule has 1 spiro atoms. The molecule has 1 aliphatic heterocycles. The third-order valence-corrected chi connectivity index (χ3v) is 4.44. The van der Waals surface area contributed by atoms with Crippen molar-refractivity contribution >= 4 is 5.90 Å². The molecule has 0 unspecified atom stereocenters. The Morgan fingerprint density at radius 2 is 2.05 bits per heavy atom. The maximum Gasteiger partial charge on any atom is 0.180 e. The molecule has 1 aromatic carbocycles. The molecule has 0 saturated carbocycles. The van der Waals surface area contributed by atoms with Crippen molar-refractivity contribution in [1.82, 2.24) is 9.97 Å². The highest BCUT2D eigenvalue weighted by molar-refractivity contribution is 5.76. The average Bonchev–Trinajstić information content (AvgIpc) is 2.88. The lowest BCUT2D eigenvalue weighted by Crippen LogP contribution is -2.39. The molecule has 4 nitrogen and oxygen atoms in total. The average molecular weight is 279 g/mol. The first kappa shape index (κ1) is 12.5. The molecule has 2 aromatic rings. The van der Waals surface area contributed by atoms with Crippen molar-refractivity contribution < 1.29 is 4.74 Å². The van der Waals surface area contributed by atoms with Crippen LogP contribution < -0.4 is 0 Å². The van der Waals surface area contributed by atoms with Crippen LogP contribution in [-0.4, -0.2) is 28.0 Å². The van der Waals surface area contributed by atoms with Gasteiger partial charge in [-0.15, -0.1) is 0 Å². The van der Waals surface area contributed by atoms with Crippen molar-refractivity contribution in [2.45, 2.75) is 31.8 Å². The first-order valence-electron chi connectivity index (χ1n) is 7.32. The molecule has 0 fully saturated rings. The number of aliphatic imine (C=N–C) groups is 1. The van der Waals surface area contributed by atoms with E-state index in [9.17, 15) is 0 Å². The summed E-state index contributed by atoms with van der Waals surface area (Å²) < 4.78 is 6.02. The van der Waals surface area contributed by atoms with Crippen molar-refractivity contribution in [3.8, 4) is 11.1 Å². The minimum absolute atomic E-state index is 0.108. The van der Waals surface area contributed by atoms with E-state index in [0.717, 1.165) is 37.3 Å². The molecule has 4 heteroatoms. The van der Waals surface area contributed by atoms with Crippen molar-refractivity contribution in [3.05, 3.63) is 48.0 Å². The van der Waals surface area contributed by atoms with Gasteiger partial charge >= 0.3 is 0 Å². The Kier molecular flexibility index (Phi) is 2.77. The predicted molar refractivity (Wildman–Crippen MR) is 81.3 cm³/mol. The largest absolute Gasteiger partial charge is 0.472 e. The summed E-state index contributed by atoms with van der Waals surface area (Å²) in [5.74, 6) is 0.825. The molecule has 1 aliphatic carbocycles. The van der Waals surface area contributed by atoms with Crippen molar-refractivity contribution in [1.29, 1.82) is 0 Å². The fourth-order valence-corrected chi connectivity index (χ4v) is 3.45. The summed E-state index contributed by atoms with van der Waals surface area (Å²) in [4.78, 5) is 12.7. The van der Waals surface area contributed by atoms with E-state index in [-0.39, 0.29) is 5.60 Å². The molecule has 0 amide bonds. The van der Waals surface area contributed by atoms with E-state index in [1.54, 1.807) is 6.33 Å². The minimum Gasteiger partial charge on any atom is -0.472 e. The zero-order valence-electron chi connectivity index (χ0n) is 12.0. The van der Waals surface area contributed by atoms with E-state index >= 15 is 0 Å². The van der Waals surface area contributed by atoms with Gasteiger partial charge in [-0.3, -0.25) is 4.99 Å². The molecule has 4 rings (SSSR count). The third kappa shape index (κ3) is 2.11. The van der Waals surface area contributed by atoms with Crippen LogP contribution in [0.25, 0.3) is 11.1 Å². The van der Waals surface area contributed by atoms with Crippen LogP contribution in [0.5, 0.6) is 0 Å². The fraction of sp³-hybridized carbons (Fsp3) is 0.353. The molecular formula is C17H17N3O.